The van der Waals surface area contributed by atoms with Gasteiger partial charge in [0.2, 0.25) is 0 Å². The Labute approximate surface area is 376 Å². The van der Waals surface area contributed by atoms with Gasteiger partial charge in [0.15, 0.2) is 0 Å². The molecular formula is C62H48N2. The molecule has 0 fully saturated rings. The number of aryl methyl sites for hydroxylation is 1. The minimum atomic E-state index is 1.06. The van der Waals surface area contributed by atoms with Crippen molar-refractivity contribution in [1.29, 1.82) is 0 Å². The molecule has 2 nitrogen and oxygen atoms in total. The van der Waals surface area contributed by atoms with Crippen LogP contribution in [0.2, 0.25) is 0 Å². The number of fused-ring (bicyclic) bond motifs is 2. The fourth-order valence-corrected chi connectivity index (χ4v) is 9.70. The van der Waals surface area contributed by atoms with Gasteiger partial charge in [-0.2, -0.15) is 0 Å². The van der Waals surface area contributed by atoms with Crippen LogP contribution in [0.5, 0.6) is 0 Å². The van der Waals surface area contributed by atoms with E-state index in [1.54, 1.807) is 0 Å². The average molecular weight is 821 g/mol. The van der Waals surface area contributed by atoms with E-state index in [-0.39, 0.29) is 0 Å². The number of hydrogen-bond acceptors (Lipinski definition) is 2. The lowest BCUT2D eigenvalue weighted by molar-refractivity contribution is 0.978. The highest BCUT2D eigenvalue weighted by Crippen LogP contribution is 2.43. The molecule has 0 aromatic heterocycles. The monoisotopic (exact) mass is 820 g/mol. The van der Waals surface area contributed by atoms with E-state index in [2.05, 4.69) is 252 Å². The van der Waals surface area contributed by atoms with E-state index in [4.69, 9.17) is 0 Å². The molecule has 306 valence electrons. The van der Waals surface area contributed by atoms with Crippen LogP contribution in [-0.2, 0) is 6.42 Å². The van der Waals surface area contributed by atoms with Gasteiger partial charge in [-0.15, -0.1) is 0 Å². The Morgan fingerprint density at radius 1 is 0.297 bits per heavy atom. The molecule has 0 bridgehead atoms. The van der Waals surface area contributed by atoms with Crippen molar-refractivity contribution >= 4 is 51.3 Å². The van der Waals surface area contributed by atoms with Crippen molar-refractivity contribution in [2.45, 2.75) is 25.7 Å². The molecule has 0 atom stereocenters. The van der Waals surface area contributed by atoms with Gasteiger partial charge in [-0.05, 0) is 153 Å². The third kappa shape index (κ3) is 7.65. The zero-order chi connectivity index (χ0) is 42.7. The highest BCUT2D eigenvalue weighted by molar-refractivity contribution is 5.90. The first kappa shape index (κ1) is 38.9. The van der Waals surface area contributed by atoms with Crippen LogP contribution in [0.15, 0.2) is 237 Å². The summed E-state index contributed by atoms with van der Waals surface area (Å²) < 4.78 is 0. The molecule has 0 radical (unpaired) electrons. The van der Waals surface area contributed by atoms with Crippen molar-refractivity contribution in [2.24, 2.45) is 0 Å². The Hall–Kier alpha value is -7.94. The molecule has 9 aromatic rings. The summed E-state index contributed by atoms with van der Waals surface area (Å²) in [5.41, 5.74) is 19.5. The number of benzene rings is 9. The topological polar surface area (TPSA) is 6.48 Å². The van der Waals surface area contributed by atoms with Gasteiger partial charge in [0.05, 0.1) is 5.69 Å². The lowest BCUT2D eigenvalue weighted by atomic mass is 9.87. The van der Waals surface area contributed by atoms with Gasteiger partial charge in [-0.1, -0.05) is 176 Å². The average Bonchev–Trinajstić information content (AvgIpc) is 3.38. The molecule has 0 heterocycles. The lowest BCUT2D eigenvalue weighted by Crippen LogP contribution is -2.29. The Balaban J connectivity index is 0.882. The molecule has 9 aromatic carbocycles. The summed E-state index contributed by atoms with van der Waals surface area (Å²) in [5, 5.41) is 2.69. The smallest absolute Gasteiger partial charge is 0.0540 e. The second kappa shape index (κ2) is 17.4. The molecule has 0 N–H and O–H groups in total. The summed E-state index contributed by atoms with van der Waals surface area (Å²) in [6, 6.07) is 84.0. The molecule has 0 saturated carbocycles. The number of para-hydroxylation sites is 3. The highest BCUT2D eigenvalue weighted by Gasteiger charge is 2.20. The highest BCUT2D eigenvalue weighted by atomic mass is 15.1. The predicted octanol–water partition coefficient (Wildman–Crippen LogP) is 15.1. The fraction of sp³-hybridized carbons (Fsp3) is 0.0645. The standard InChI is InChI=1S/C62H48N2/c1-3-19-52(20-4-1)63(55-41-35-49(36-42-55)59-26-13-17-47-15-7-9-23-57(47)59)54-39-33-46(34-40-54)45-29-31-51(32-30-45)61-25-11-12-28-62(61)64(53-21-5-2-6-22-53)56-43-37-50(38-44-56)60-27-14-18-48-16-8-10-24-58(48)60/h1-12,15-17,19-25,27-44H,13-14,18,26H2. The SMILES string of the molecule is C1=C(c2ccc(N(c3ccccc3)c3ccccc3-c3ccc(-c4ccc(N(c5ccccc5)c5ccc(C6=c7ccccc7=CCC6)cc5)cc4)cc3)cc2)c2ccccc2CC1. The second-order valence-corrected chi connectivity index (χ2v) is 16.7. The molecule has 0 amide bonds. The normalized spacial score (nSPS) is 12.9. The van der Waals surface area contributed by atoms with E-state index in [1.165, 1.54) is 66.1 Å². The van der Waals surface area contributed by atoms with E-state index >= 15 is 0 Å². The number of anilines is 6. The zero-order valence-corrected chi connectivity index (χ0v) is 35.8. The van der Waals surface area contributed by atoms with Gasteiger partial charge in [-0.25, -0.2) is 0 Å². The molecule has 0 saturated heterocycles. The minimum Gasteiger partial charge on any atom is -0.311 e. The Kier molecular flexibility index (Phi) is 10.6. The number of rotatable bonds is 10. The van der Waals surface area contributed by atoms with Gasteiger partial charge >= 0.3 is 0 Å². The molecular weight excluding hydrogens is 773 g/mol. The number of allylic oxidation sites excluding steroid dienone is 1. The molecule has 0 spiro atoms. The maximum absolute atomic E-state index is 2.40. The van der Waals surface area contributed by atoms with Gasteiger partial charge in [-0.3, -0.25) is 0 Å². The number of nitrogens with zero attached hydrogens (tertiary/aromatic N) is 2. The Morgan fingerprint density at radius 3 is 1.45 bits per heavy atom. The van der Waals surface area contributed by atoms with Crippen LogP contribution >= 0.6 is 0 Å². The zero-order valence-electron chi connectivity index (χ0n) is 35.8. The van der Waals surface area contributed by atoms with Crippen LogP contribution < -0.4 is 20.2 Å². The Bertz CT molecular complexity index is 3220. The van der Waals surface area contributed by atoms with Gasteiger partial charge in [0.25, 0.3) is 0 Å². The molecule has 0 unspecified atom stereocenters. The summed E-state index contributed by atoms with van der Waals surface area (Å²) in [4.78, 5) is 4.73. The maximum atomic E-state index is 2.40. The van der Waals surface area contributed by atoms with E-state index in [0.29, 0.717) is 0 Å². The van der Waals surface area contributed by atoms with Crippen LogP contribution in [0.1, 0.15) is 41.5 Å². The van der Waals surface area contributed by atoms with Crippen molar-refractivity contribution in [3.05, 3.63) is 269 Å². The van der Waals surface area contributed by atoms with Crippen molar-refractivity contribution in [2.75, 3.05) is 9.80 Å². The lowest BCUT2D eigenvalue weighted by Gasteiger charge is -2.28. The van der Waals surface area contributed by atoms with E-state index in [0.717, 1.165) is 59.8 Å². The first-order valence-corrected chi connectivity index (χ1v) is 22.5. The van der Waals surface area contributed by atoms with Gasteiger partial charge in [0.1, 0.15) is 0 Å². The molecule has 2 aliphatic carbocycles. The van der Waals surface area contributed by atoms with Crippen LogP contribution in [0, 0.1) is 0 Å². The van der Waals surface area contributed by atoms with Crippen molar-refractivity contribution in [3.8, 4) is 22.3 Å². The summed E-state index contributed by atoms with van der Waals surface area (Å²) in [6.45, 7) is 0. The summed E-state index contributed by atoms with van der Waals surface area (Å²) in [6.07, 6.45) is 9.06. The predicted molar refractivity (Wildman–Crippen MR) is 270 cm³/mol. The van der Waals surface area contributed by atoms with Crippen molar-refractivity contribution in [1.82, 2.24) is 0 Å². The summed E-state index contributed by atoms with van der Waals surface area (Å²) in [7, 11) is 0. The van der Waals surface area contributed by atoms with Crippen LogP contribution in [0.4, 0.5) is 34.1 Å². The van der Waals surface area contributed by atoms with Crippen LogP contribution in [0.3, 0.4) is 0 Å². The second-order valence-electron chi connectivity index (χ2n) is 16.7. The molecule has 2 aliphatic rings. The van der Waals surface area contributed by atoms with Gasteiger partial charge in [0, 0.05) is 34.0 Å². The van der Waals surface area contributed by atoms with Gasteiger partial charge < -0.3 is 9.80 Å². The van der Waals surface area contributed by atoms with E-state index in [9.17, 15) is 0 Å². The molecule has 64 heavy (non-hydrogen) atoms. The first-order chi connectivity index (χ1) is 31.7. The molecule has 0 aliphatic heterocycles. The first-order valence-electron chi connectivity index (χ1n) is 22.5. The maximum Gasteiger partial charge on any atom is 0.0540 e. The fourth-order valence-electron chi connectivity index (χ4n) is 9.70. The largest absolute Gasteiger partial charge is 0.311 e. The summed E-state index contributed by atoms with van der Waals surface area (Å²) >= 11 is 0. The van der Waals surface area contributed by atoms with E-state index in [1.807, 2.05) is 0 Å². The van der Waals surface area contributed by atoms with Crippen molar-refractivity contribution in [3.63, 3.8) is 0 Å². The van der Waals surface area contributed by atoms with Crippen LogP contribution in [0.25, 0.3) is 39.5 Å². The van der Waals surface area contributed by atoms with Crippen molar-refractivity contribution < 1.29 is 0 Å². The van der Waals surface area contributed by atoms with Crippen LogP contribution in [-0.4, -0.2) is 0 Å². The third-order valence-corrected chi connectivity index (χ3v) is 12.9. The molecule has 11 rings (SSSR count). The summed E-state index contributed by atoms with van der Waals surface area (Å²) in [5.74, 6) is 0. The quantitative estimate of drug-likeness (QED) is 0.136. The minimum absolute atomic E-state index is 1.06. The Morgan fingerprint density at radius 2 is 0.766 bits per heavy atom. The van der Waals surface area contributed by atoms with E-state index < -0.39 is 0 Å². The molecule has 2 heteroatoms. The number of hydrogen-bond donors (Lipinski definition) is 0. The third-order valence-electron chi connectivity index (χ3n) is 12.9.